The quantitative estimate of drug-likeness (QED) is 0.488. The molecule has 0 aliphatic carbocycles. The molecule has 37 heavy (non-hydrogen) atoms. The Morgan fingerprint density at radius 1 is 1.32 bits per heavy atom. The number of aromatic nitrogens is 3. The van der Waals surface area contributed by atoms with Crippen molar-refractivity contribution >= 4 is 40.4 Å². The lowest BCUT2D eigenvalue weighted by Crippen LogP contribution is -2.55. The Morgan fingerprint density at radius 3 is 2.95 bits per heavy atom. The molecular weight excluding hydrogens is 503 g/mol. The molecule has 4 atom stereocenters. The molecule has 2 aliphatic heterocycles. The fraction of sp³-hybridized carbons (Fsp3) is 0.609. The van der Waals surface area contributed by atoms with Crippen LogP contribution in [0.2, 0.25) is 0 Å². The van der Waals surface area contributed by atoms with E-state index in [9.17, 15) is 14.0 Å². The highest BCUT2D eigenvalue weighted by Crippen LogP contribution is 2.24. The molecule has 0 spiro atoms. The van der Waals surface area contributed by atoms with E-state index in [0.717, 1.165) is 24.4 Å². The molecule has 4 heterocycles. The van der Waals surface area contributed by atoms with E-state index in [1.807, 2.05) is 6.92 Å². The second kappa shape index (κ2) is 12.4. The van der Waals surface area contributed by atoms with E-state index in [0.29, 0.717) is 24.2 Å². The summed E-state index contributed by atoms with van der Waals surface area (Å²) in [6.07, 6.45) is 2.16. The number of amides is 3. The number of urea groups is 1. The first-order valence-corrected chi connectivity index (χ1v) is 13.0. The predicted molar refractivity (Wildman–Crippen MR) is 138 cm³/mol. The SMILES string of the molecule is COCc1cnc(NC(=O)N(C)[C@H]2CN(c3nccc(NC(=O)O[C@@H]4CCNC[C@@H]4C)n3)CC[C@H]2F)s1. The van der Waals surface area contributed by atoms with Gasteiger partial charge in [0.2, 0.25) is 5.95 Å². The highest BCUT2D eigenvalue weighted by molar-refractivity contribution is 7.15. The molecule has 4 rings (SSSR count). The van der Waals surface area contributed by atoms with Crippen molar-refractivity contribution in [3.05, 3.63) is 23.3 Å². The summed E-state index contributed by atoms with van der Waals surface area (Å²) in [5.74, 6) is 0.844. The van der Waals surface area contributed by atoms with E-state index in [2.05, 4.69) is 30.9 Å². The number of methoxy groups -OCH3 is 1. The maximum absolute atomic E-state index is 14.9. The molecule has 0 bridgehead atoms. The molecule has 14 heteroatoms. The predicted octanol–water partition coefficient (Wildman–Crippen LogP) is 2.71. The largest absolute Gasteiger partial charge is 0.446 e. The smallest absolute Gasteiger partial charge is 0.413 e. The van der Waals surface area contributed by atoms with Crippen molar-refractivity contribution in [3.63, 3.8) is 0 Å². The van der Waals surface area contributed by atoms with Crippen molar-refractivity contribution in [2.45, 2.75) is 44.7 Å². The van der Waals surface area contributed by atoms with Gasteiger partial charge < -0.3 is 24.6 Å². The number of ether oxygens (including phenoxy) is 2. The Hall–Kier alpha value is -3.10. The maximum atomic E-state index is 14.9. The van der Waals surface area contributed by atoms with Gasteiger partial charge in [0.25, 0.3) is 0 Å². The number of halogens is 1. The summed E-state index contributed by atoms with van der Waals surface area (Å²) in [6.45, 7) is 4.60. The number of anilines is 3. The summed E-state index contributed by atoms with van der Waals surface area (Å²) in [6, 6.07) is 0.388. The zero-order valence-corrected chi connectivity index (χ0v) is 22.0. The number of carbonyl (C=O) groups excluding carboxylic acids is 2. The van der Waals surface area contributed by atoms with Crippen LogP contribution in [0.25, 0.3) is 0 Å². The topological polar surface area (TPSA) is 134 Å². The monoisotopic (exact) mass is 536 g/mol. The Kier molecular flexibility index (Phi) is 9.05. The molecule has 2 fully saturated rings. The maximum Gasteiger partial charge on any atom is 0.413 e. The zero-order valence-electron chi connectivity index (χ0n) is 21.1. The lowest BCUT2D eigenvalue weighted by molar-refractivity contribution is 0.0587. The standard InChI is InChI=1S/C23H33FN8O4S/c1-14-10-25-7-4-18(14)36-23(34)29-19-5-8-26-20(28-19)32-9-6-16(24)17(12-32)31(2)22(33)30-21-27-11-15(37-21)13-35-3/h5,8,11,14,16-18,25H,4,6-7,9-10,12-13H2,1-3H3,(H,27,30,33)(H,26,28,29,34)/t14-,16+,17-,18+/m0/s1. The van der Waals surface area contributed by atoms with Crippen LogP contribution < -0.4 is 20.9 Å². The van der Waals surface area contributed by atoms with Gasteiger partial charge >= 0.3 is 12.1 Å². The van der Waals surface area contributed by atoms with Crippen LogP contribution in [0.3, 0.4) is 0 Å². The van der Waals surface area contributed by atoms with Crippen LogP contribution >= 0.6 is 11.3 Å². The Balaban J connectivity index is 1.36. The summed E-state index contributed by atoms with van der Waals surface area (Å²) < 4.78 is 25.5. The molecular formula is C23H33FN8O4S. The van der Waals surface area contributed by atoms with E-state index in [-0.39, 0.29) is 30.8 Å². The molecule has 0 saturated carbocycles. The molecule has 2 aromatic heterocycles. The summed E-state index contributed by atoms with van der Waals surface area (Å²) >= 11 is 1.30. The van der Waals surface area contributed by atoms with Gasteiger partial charge in [0, 0.05) is 52.1 Å². The van der Waals surface area contributed by atoms with Crippen molar-refractivity contribution in [1.29, 1.82) is 0 Å². The molecule has 202 valence electrons. The molecule has 3 N–H and O–H groups in total. The van der Waals surface area contributed by atoms with Crippen LogP contribution in [0, 0.1) is 5.92 Å². The number of rotatable bonds is 7. The van der Waals surface area contributed by atoms with E-state index >= 15 is 0 Å². The second-order valence-corrected chi connectivity index (χ2v) is 10.3. The van der Waals surface area contributed by atoms with Crippen molar-refractivity contribution < 1.29 is 23.5 Å². The van der Waals surface area contributed by atoms with E-state index < -0.39 is 24.3 Å². The van der Waals surface area contributed by atoms with Gasteiger partial charge in [-0.3, -0.25) is 10.6 Å². The summed E-state index contributed by atoms with van der Waals surface area (Å²) in [4.78, 5) is 42.1. The van der Waals surface area contributed by atoms with Gasteiger partial charge in [-0.2, -0.15) is 4.98 Å². The van der Waals surface area contributed by atoms with Crippen LogP contribution in [0.15, 0.2) is 18.5 Å². The van der Waals surface area contributed by atoms with Gasteiger partial charge in [-0.25, -0.2) is 23.9 Å². The Morgan fingerprint density at radius 2 is 2.16 bits per heavy atom. The number of piperidine rings is 2. The fourth-order valence-corrected chi connectivity index (χ4v) is 5.14. The zero-order chi connectivity index (χ0) is 26.4. The first kappa shape index (κ1) is 26.9. The first-order valence-electron chi connectivity index (χ1n) is 12.2. The number of alkyl halides is 1. The normalized spacial score (nSPS) is 23.8. The van der Waals surface area contributed by atoms with Gasteiger partial charge in [-0.1, -0.05) is 18.3 Å². The third-order valence-electron chi connectivity index (χ3n) is 6.49. The number of hydrogen-bond donors (Lipinski definition) is 3. The Bertz CT molecular complexity index is 1070. The lowest BCUT2D eigenvalue weighted by Gasteiger charge is -2.39. The van der Waals surface area contributed by atoms with Crippen molar-refractivity contribution in [2.75, 3.05) is 55.9 Å². The molecule has 2 aliphatic rings. The van der Waals surface area contributed by atoms with E-state index in [4.69, 9.17) is 9.47 Å². The number of likely N-dealkylation sites (N-methyl/N-ethyl adjacent to an activating group) is 1. The fourth-order valence-electron chi connectivity index (χ4n) is 4.36. The van der Waals surface area contributed by atoms with E-state index in [1.165, 1.54) is 22.4 Å². The number of thiazole rings is 1. The van der Waals surface area contributed by atoms with Gasteiger partial charge in [0.05, 0.1) is 17.5 Å². The van der Waals surface area contributed by atoms with Crippen molar-refractivity contribution in [3.8, 4) is 0 Å². The van der Waals surface area contributed by atoms with Gasteiger partial charge in [-0.15, -0.1) is 0 Å². The highest BCUT2D eigenvalue weighted by atomic mass is 32.1. The summed E-state index contributed by atoms with van der Waals surface area (Å²) in [5, 5.41) is 9.07. The minimum absolute atomic E-state index is 0.162. The minimum atomic E-state index is -1.21. The number of nitrogens with zero attached hydrogens (tertiary/aromatic N) is 5. The third-order valence-corrected chi connectivity index (χ3v) is 7.38. The molecule has 0 radical (unpaired) electrons. The van der Waals surface area contributed by atoms with Crippen LogP contribution in [0.1, 0.15) is 24.6 Å². The third kappa shape index (κ3) is 7.02. The summed E-state index contributed by atoms with van der Waals surface area (Å²) in [7, 11) is 3.13. The summed E-state index contributed by atoms with van der Waals surface area (Å²) in [5.41, 5.74) is 0. The van der Waals surface area contributed by atoms with Gasteiger partial charge in [-0.05, 0) is 25.5 Å². The van der Waals surface area contributed by atoms with Crippen LogP contribution in [-0.4, -0.2) is 90.6 Å². The average molecular weight is 537 g/mol. The molecule has 2 saturated heterocycles. The van der Waals surface area contributed by atoms with Crippen LogP contribution in [-0.2, 0) is 16.1 Å². The number of hydrogen-bond acceptors (Lipinski definition) is 10. The van der Waals surface area contributed by atoms with Gasteiger partial charge in [0.1, 0.15) is 18.1 Å². The van der Waals surface area contributed by atoms with E-state index in [1.54, 1.807) is 31.3 Å². The molecule has 3 amide bonds. The van der Waals surface area contributed by atoms with Crippen LogP contribution in [0.5, 0.6) is 0 Å². The molecule has 2 aromatic rings. The number of carbonyl (C=O) groups is 2. The minimum Gasteiger partial charge on any atom is -0.446 e. The second-order valence-electron chi connectivity index (χ2n) is 9.20. The Labute approximate surface area is 219 Å². The van der Waals surface area contributed by atoms with Crippen molar-refractivity contribution in [1.82, 2.24) is 25.2 Å². The van der Waals surface area contributed by atoms with Crippen LogP contribution in [0.4, 0.5) is 30.9 Å². The van der Waals surface area contributed by atoms with Crippen molar-refractivity contribution in [2.24, 2.45) is 5.92 Å². The number of nitrogens with one attached hydrogen (secondary N) is 3. The first-order chi connectivity index (χ1) is 17.8. The molecule has 12 nitrogen and oxygen atoms in total. The lowest BCUT2D eigenvalue weighted by atomic mass is 9.98. The average Bonchev–Trinajstić information content (AvgIpc) is 3.32. The highest BCUT2D eigenvalue weighted by Gasteiger charge is 2.35. The van der Waals surface area contributed by atoms with Gasteiger partial charge in [0.15, 0.2) is 5.13 Å². The molecule has 0 aromatic carbocycles. The molecule has 0 unspecified atom stereocenters.